The van der Waals surface area contributed by atoms with E-state index in [2.05, 4.69) is 0 Å². The van der Waals surface area contributed by atoms with Gasteiger partial charge in [0.2, 0.25) is 0 Å². The van der Waals surface area contributed by atoms with Crippen molar-refractivity contribution in [3.8, 4) is 0 Å². The SMILES string of the molecule is CN1CCN(CC(N)c2ccc(F)c(F)c2)C(=O)C1=O. The van der Waals surface area contributed by atoms with Crippen molar-refractivity contribution >= 4 is 11.8 Å². The third-order valence-electron chi connectivity index (χ3n) is 3.31. The molecule has 0 radical (unpaired) electrons. The number of amides is 2. The molecule has 0 aliphatic carbocycles. The molecule has 7 heteroatoms. The Labute approximate surface area is 114 Å². The predicted molar refractivity (Wildman–Crippen MR) is 67.5 cm³/mol. The lowest BCUT2D eigenvalue weighted by Gasteiger charge is -2.33. The molecule has 1 aliphatic rings. The first kappa shape index (κ1) is 14.4. The van der Waals surface area contributed by atoms with Gasteiger partial charge in [-0.05, 0) is 17.7 Å². The minimum atomic E-state index is -0.987. The molecule has 0 aromatic heterocycles. The lowest BCUT2D eigenvalue weighted by Crippen LogP contribution is -2.54. The van der Waals surface area contributed by atoms with Crippen molar-refractivity contribution in [2.75, 3.05) is 26.7 Å². The summed E-state index contributed by atoms with van der Waals surface area (Å²) in [5.74, 6) is -3.16. The summed E-state index contributed by atoms with van der Waals surface area (Å²) in [4.78, 5) is 26.0. The van der Waals surface area contributed by atoms with E-state index in [-0.39, 0.29) is 6.54 Å². The van der Waals surface area contributed by atoms with Gasteiger partial charge in [0.05, 0.1) is 0 Å². The topological polar surface area (TPSA) is 66.6 Å². The Kier molecular flexibility index (Phi) is 3.99. The number of piperazine rings is 1. The van der Waals surface area contributed by atoms with Crippen molar-refractivity contribution in [3.63, 3.8) is 0 Å². The third kappa shape index (κ3) is 2.77. The fourth-order valence-corrected chi connectivity index (χ4v) is 2.03. The van der Waals surface area contributed by atoms with Crippen LogP contribution < -0.4 is 5.73 Å². The monoisotopic (exact) mass is 283 g/mol. The highest BCUT2D eigenvalue weighted by Gasteiger charge is 2.31. The minimum absolute atomic E-state index is 0.0868. The molecule has 0 spiro atoms. The molecule has 1 fully saturated rings. The van der Waals surface area contributed by atoms with Gasteiger partial charge in [-0.3, -0.25) is 9.59 Å². The number of benzene rings is 1. The molecule has 20 heavy (non-hydrogen) atoms. The summed E-state index contributed by atoms with van der Waals surface area (Å²) in [7, 11) is 1.55. The quantitative estimate of drug-likeness (QED) is 0.809. The van der Waals surface area contributed by atoms with Crippen LogP contribution in [0.25, 0.3) is 0 Å². The number of likely N-dealkylation sites (N-methyl/N-ethyl adjacent to an activating group) is 1. The maximum Gasteiger partial charge on any atom is 0.312 e. The number of carbonyl (C=O) groups excluding carboxylic acids is 2. The largest absolute Gasteiger partial charge is 0.336 e. The second-order valence-electron chi connectivity index (χ2n) is 4.76. The summed E-state index contributed by atoms with van der Waals surface area (Å²) in [6.45, 7) is 0.886. The maximum absolute atomic E-state index is 13.1. The van der Waals surface area contributed by atoms with E-state index in [1.165, 1.54) is 15.9 Å². The Balaban J connectivity index is 2.07. The van der Waals surface area contributed by atoms with Gasteiger partial charge in [-0.2, -0.15) is 0 Å². The molecule has 108 valence electrons. The number of hydrogen-bond acceptors (Lipinski definition) is 3. The van der Waals surface area contributed by atoms with Crippen molar-refractivity contribution < 1.29 is 18.4 Å². The fourth-order valence-electron chi connectivity index (χ4n) is 2.03. The highest BCUT2D eigenvalue weighted by molar-refractivity contribution is 6.35. The van der Waals surface area contributed by atoms with Crippen molar-refractivity contribution in [1.29, 1.82) is 0 Å². The number of carbonyl (C=O) groups is 2. The third-order valence-corrected chi connectivity index (χ3v) is 3.31. The molecule has 1 aliphatic heterocycles. The van der Waals surface area contributed by atoms with Crippen LogP contribution in [0.5, 0.6) is 0 Å². The first-order valence-corrected chi connectivity index (χ1v) is 6.15. The Bertz CT molecular complexity index is 550. The summed E-state index contributed by atoms with van der Waals surface area (Å²) >= 11 is 0. The first-order chi connectivity index (χ1) is 9.40. The van der Waals surface area contributed by atoms with E-state index in [0.29, 0.717) is 18.7 Å². The molecule has 2 rings (SSSR count). The molecule has 5 nitrogen and oxygen atoms in total. The van der Waals surface area contributed by atoms with E-state index in [0.717, 1.165) is 12.1 Å². The van der Waals surface area contributed by atoms with Gasteiger partial charge in [0, 0.05) is 32.7 Å². The van der Waals surface area contributed by atoms with Crippen LogP contribution in [0.2, 0.25) is 0 Å². The molecule has 1 saturated heterocycles. The van der Waals surface area contributed by atoms with Crippen LogP contribution in [0, 0.1) is 11.6 Å². The molecule has 0 saturated carbocycles. The van der Waals surface area contributed by atoms with Crippen LogP contribution in [-0.4, -0.2) is 48.3 Å². The summed E-state index contributed by atoms with van der Waals surface area (Å²) in [5, 5.41) is 0. The first-order valence-electron chi connectivity index (χ1n) is 6.15. The normalized spacial score (nSPS) is 17.6. The molecule has 0 bridgehead atoms. The van der Waals surface area contributed by atoms with Crippen LogP contribution in [0.4, 0.5) is 8.78 Å². The molecular weight excluding hydrogens is 268 g/mol. The molecule has 1 atom stereocenters. The van der Waals surface area contributed by atoms with Gasteiger partial charge in [-0.1, -0.05) is 6.07 Å². The Morgan fingerprint density at radius 2 is 1.90 bits per heavy atom. The van der Waals surface area contributed by atoms with Gasteiger partial charge < -0.3 is 15.5 Å². The molecule has 1 aromatic rings. The molecule has 2 amide bonds. The van der Waals surface area contributed by atoms with Gasteiger partial charge in [-0.25, -0.2) is 8.78 Å². The fraction of sp³-hybridized carbons (Fsp3) is 0.385. The average molecular weight is 283 g/mol. The highest BCUT2D eigenvalue weighted by Crippen LogP contribution is 2.16. The van der Waals surface area contributed by atoms with E-state index in [4.69, 9.17) is 5.73 Å². The molecule has 1 unspecified atom stereocenters. The zero-order chi connectivity index (χ0) is 14.9. The lowest BCUT2D eigenvalue weighted by atomic mass is 10.1. The van der Waals surface area contributed by atoms with Crippen LogP contribution in [0.15, 0.2) is 18.2 Å². The minimum Gasteiger partial charge on any atom is -0.336 e. The van der Waals surface area contributed by atoms with E-state index < -0.39 is 29.5 Å². The average Bonchev–Trinajstić information content (AvgIpc) is 2.42. The highest BCUT2D eigenvalue weighted by atomic mass is 19.2. The van der Waals surface area contributed by atoms with Crippen LogP contribution in [-0.2, 0) is 9.59 Å². The summed E-state index contributed by atoms with van der Waals surface area (Å²) in [6, 6.07) is 2.68. The summed E-state index contributed by atoms with van der Waals surface area (Å²) < 4.78 is 26.0. The lowest BCUT2D eigenvalue weighted by molar-refractivity contribution is -0.155. The van der Waals surface area contributed by atoms with Crippen molar-refractivity contribution in [3.05, 3.63) is 35.4 Å². The molecule has 1 heterocycles. The van der Waals surface area contributed by atoms with E-state index in [9.17, 15) is 18.4 Å². The van der Waals surface area contributed by atoms with E-state index in [1.54, 1.807) is 7.05 Å². The standard InChI is InChI=1S/C13H15F2N3O2/c1-17-4-5-18(13(20)12(17)19)7-11(16)8-2-3-9(14)10(15)6-8/h2-3,6,11H,4-5,7,16H2,1H3. The summed E-state index contributed by atoms with van der Waals surface area (Å²) in [5.41, 5.74) is 6.26. The van der Waals surface area contributed by atoms with Gasteiger partial charge in [0.1, 0.15) is 0 Å². The number of nitrogens with zero attached hydrogens (tertiary/aromatic N) is 2. The second kappa shape index (κ2) is 5.54. The van der Waals surface area contributed by atoms with Crippen molar-refractivity contribution in [2.45, 2.75) is 6.04 Å². The smallest absolute Gasteiger partial charge is 0.312 e. The van der Waals surface area contributed by atoms with Crippen LogP contribution >= 0.6 is 0 Å². The Morgan fingerprint density at radius 1 is 1.20 bits per heavy atom. The zero-order valence-corrected chi connectivity index (χ0v) is 11.0. The van der Waals surface area contributed by atoms with Gasteiger partial charge in [0.15, 0.2) is 11.6 Å². The van der Waals surface area contributed by atoms with Crippen molar-refractivity contribution in [1.82, 2.24) is 9.80 Å². The molecule has 2 N–H and O–H groups in total. The van der Waals surface area contributed by atoms with Gasteiger partial charge in [0.25, 0.3) is 0 Å². The molecular formula is C13H15F2N3O2. The number of halogens is 2. The number of rotatable bonds is 3. The van der Waals surface area contributed by atoms with Gasteiger partial charge >= 0.3 is 11.8 Å². The molecule has 1 aromatic carbocycles. The van der Waals surface area contributed by atoms with E-state index >= 15 is 0 Å². The predicted octanol–water partition coefficient (Wildman–Crippen LogP) is 0.265. The Morgan fingerprint density at radius 3 is 2.55 bits per heavy atom. The van der Waals surface area contributed by atoms with Crippen LogP contribution in [0.3, 0.4) is 0 Å². The number of hydrogen-bond donors (Lipinski definition) is 1. The maximum atomic E-state index is 13.1. The Hall–Kier alpha value is -2.02. The van der Waals surface area contributed by atoms with Crippen LogP contribution in [0.1, 0.15) is 11.6 Å². The number of nitrogens with two attached hydrogens (primary N) is 1. The zero-order valence-electron chi connectivity index (χ0n) is 11.0. The van der Waals surface area contributed by atoms with E-state index in [1.807, 2.05) is 0 Å². The van der Waals surface area contributed by atoms with Gasteiger partial charge in [-0.15, -0.1) is 0 Å². The summed E-state index contributed by atoms with van der Waals surface area (Å²) in [6.07, 6.45) is 0. The van der Waals surface area contributed by atoms with Crippen molar-refractivity contribution in [2.24, 2.45) is 5.73 Å². The second-order valence-corrected chi connectivity index (χ2v) is 4.76.